The van der Waals surface area contributed by atoms with Gasteiger partial charge in [0, 0.05) is 30.4 Å². The maximum atomic E-state index is 12.6. The molecule has 0 aliphatic carbocycles. The van der Waals surface area contributed by atoms with Gasteiger partial charge in [0.1, 0.15) is 0 Å². The second-order valence-electron chi connectivity index (χ2n) is 5.85. The van der Waals surface area contributed by atoms with Crippen molar-refractivity contribution in [1.82, 2.24) is 24.8 Å². The van der Waals surface area contributed by atoms with Crippen LogP contribution in [0.3, 0.4) is 0 Å². The third kappa shape index (κ3) is 3.03. The minimum Gasteiger partial charge on any atom is -0.397 e. The largest absolute Gasteiger partial charge is 0.397 e. The van der Waals surface area contributed by atoms with Crippen molar-refractivity contribution in [2.75, 3.05) is 5.73 Å². The summed E-state index contributed by atoms with van der Waals surface area (Å²) in [5.74, 6) is -0.0395. The zero-order chi connectivity index (χ0) is 17.2. The third-order valence-corrected chi connectivity index (χ3v) is 4.18. The van der Waals surface area contributed by atoms with E-state index in [0.29, 0.717) is 24.5 Å². The first-order valence-corrected chi connectivity index (χ1v) is 7.93. The van der Waals surface area contributed by atoms with Crippen molar-refractivity contribution in [3.8, 4) is 11.3 Å². The van der Waals surface area contributed by atoms with Crippen LogP contribution < -0.4 is 5.73 Å². The molecule has 1 aliphatic rings. The molecule has 1 amide bonds. The molecule has 124 valence electrons. The lowest BCUT2D eigenvalue weighted by atomic mass is 10.1. The van der Waals surface area contributed by atoms with Gasteiger partial charge in [0.2, 0.25) is 5.91 Å². The second kappa shape index (κ2) is 6.27. The average molecular weight is 332 g/mol. The van der Waals surface area contributed by atoms with Crippen molar-refractivity contribution in [3.05, 3.63) is 66.1 Å². The number of rotatable bonds is 3. The molecule has 2 N–H and O–H groups in total. The number of nitrogen functional groups attached to an aromatic ring is 1. The Balaban J connectivity index is 1.54. The summed E-state index contributed by atoms with van der Waals surface area (Å²) in [4.78, 5) is 31.6. The normalized spacial score (nSPS) is 12.9. The van der Waals surface area contributed by atoms with Gasteiger partial charge < -0.3 is 10.6 Å². The Morgan fingerprint density at radius 3 is 2.52 bits per heavy atom. The number of anilines is 1. The first kappa shape index (κ1) is 15.2. The summed E-state index contributed by atoms with van der Waals surface area (Å²) in [6, 6.07) is 7.38. The van der Waals surface area contributed by atoms with Gasteiger partial charge in [-0.1, -0.05) is 0 Å². The van der Waals surface area contributed by atoms with Crippen LogP contribution in [-0.2, 0) is 24.3 Å². The van der Waals surface area contributed by atoms with Crippen molar-refractivity contribution >= 4 is 11.6 Å². The van der Waals surface area contributed by atoms with E-state index < -0.39 is 0 Å². The number of carbonyl (C=O) groups excluding carboxylic acids is 1. The number of hydrogen-bond acceptors (Lipinski definition) is 6. The number of carbonyl (C=O) groups is 1. The Labute approximate surface area is 144 Å². The van der Waals surface area contributed by atoms with Gasteiger partial charge in [-0.2, -0.15) is 0 Å². The molecular formula is C18H16N6O. The summed E-state index contributed by atoms with van der Waals surface area (Å²) in [6.07, 6.45) is 6.87. The highest BCUT2D eigenvalue weighted by Gasteiger charge is 2.26. The van der Waals surface area contributed by atoms with Gasteiger partial charge >= 0.3 is 0 Å². The predicted octanol–water partition coefficient (Wildman–Crippen LogP) is 1.60. The quantitative estimate of drug-likeness (QED) is 0.782. The van der Waals surface area contributed by atoms with Gasteiger partial charge in [0.25, 0.3) is 0 Å². The third-order valence-electron chi connectivity index (χ3n) is 4.18. The number of aromatic nitrogens is 4. The van der Waals surface area contributed by atoms with Crippen molar-refractivity contribution in [2.24, 2.45) is 0 Å². The lowest BCUT2D eigenvalue weighted by Gasteiger charge is -2.15. The molecule has 0 spiro atoms. The maximum absolute atomic E-state index is 12.6. The summed E-state index contributed by atoms with van der Waals surface area (Å²) in [7, 11) is 0. The number of nitrogens with zero attached hydrogens (tertiary/aromatic N) is 5. The van der Waals surface area contributed by atoms with Gasteiger partial charge in [-0.25, -0.2) is 0 Å². The van der Waals surface area contributed by atoms with Crippen molar-refractivity contribution < 1.29 is 4.79 Å². The fraction of sp³-hybridized carbons (Fsp3) is 0.167. The number of nitrogens with two attached hydrogens (primary N) is 1. The van der Waals surface area contributed by atoms with E-state index >= 15 is 0 Å². The van der Waals surface area contributed by atoms with Crippen molar-refractivity contribution in [3.63, 3.8) is 0 Å². The Morgan fingerprint density at radius 1 is 1.08 bits per heavy atom. The van der Waals surface area contributed by atoms with E-state index in [2.05, 4.69) is 19.9 Å². The lowest BCUT2D eigenvalue weighted by Crippen LogP contribution is -2.27. The Kier molecular flexibility index (Phi) is 3.81. The molecule has 0 saturated heterocycles. The number of hydrogen-bond donors (Lipinski definition) is 1. The fourth-order valence-electron chi connectivity index (χ4n) is 2.84. The number of amides is 1. The molecule has 0 radical (unpaired) electrons. The summed E-state index contributed by atoms with van der Waals surface area (Å²) in [6.45, 7) is 0.953. The molecule has 7 heteroatoms. The van der Waals surface area contributed by atoms with Gasteiger partial charge in [0.15, 0.2) is 0 Å². The van der Waals surface area contributed by atoms with Crippen LogP contribution in [0.1, 0.15) is 17.1 Å². The highest BCUT2D eigenvalue weighted by Crippen LogP contribution is 2.22. The first-order chi connectivity index (χ1) is 12.2. The molecule has 0 bridgehead atoms. The molecule has 0 aromatic carbocycles. The summed E-state index contributed by atoms with van der Waals surface area (Å²) >= 11 is 0. The van der Waals surface area contributed by atoms with Gasteiger partial charge in [-0.3, -0.25) is 24.7 Å². The molecular weight excluding hydrogens is 316 g/mol. The zero-order valence-corrected chi connectivity index (χ0v) is 13.5. The smallest absolute Gasteiger partial charge is 0.229 e. The van der Waals surface area contributed by atoms with Crippen LogP contribution in [0.4, 0.5) is 5.69 Å². The second-order valence-corrected chi connectivity index (χ2v) is 5.85. The van der Waals surface area contributed by atoms with E-state index in [1.54, 1.807) is 35.8 Å². The molecule has 4 rings (SSSR count). The monoisotopic (exact) mass is 332 g/mol. The minimum atomic E-state index is -0.0395. The Hall–Kier alpha value is -3.35. The summed E-state index contributed by atoms with van der Waals surface area (Å²) < 4.78 is 0. The van der Waals surface area contributed by atoms with E-state index in [9.17, 15) is 4.79 Å². The minimum absolute atomic E-state index is 0.0395. The molecule has 7 nitrogen and oxygen atoms in total. The predicted molar refractivity (Wildman–Crippen MR) is 91.9 cm³/mol. The molecule has 0 atom stereocenters. The molecule has 0 unspecified atom stereocenters. The van der Waals surface area contributed by atoms with Crippen LogP contribution in [0.5, 0.6) is 0 Å². The van der Waals surface area contributed by atoms with Crippen LogP contribution in [0.25, 0.3) is 11.3 Å². The van der Waals surface area contributed by atoms with E-state index in [-0.39, 0.29) is 12.3 Å². The molecule has 3 aromatic rings. The van der Waals surface area contributed by atoms with E-state index in [1.807, 2.05) is 18.2 Å². The van der Waals surface area contributed by atoms with Crippen LogP contribution in [0.15, 0.2) is 49.1 Å². The molecule has 25 heavy (non-hydrogen) atoms. The Morgan fingerprint density at radius 2 is 1.84 bits per heavy atom. The first-order valence-electron chi connectivity index (χ1n) is 7.93. The SMILES string of the molecule is Nc1ccc(-c2cccnc2)nc1CC(=O)N1Cc2nccnc2C1. The van der Waals surface area contributed by atoms with Gasteiger partial charge in [0.05, 0.1) is 48.0 Å². The van der Waals surface area contributed by atoms with Crippen LogP contribution in [0.2, 0.25) is 0 Å². The molecule has 1 aliphatic heterocycles. The average Bonchev–Trinajstić information content (AvgIpc) is 3.08. The number of pyridine rings is 2. The van der Waals surface area contributed by atoms with Crippen molar-refractivity contribution in [1.29, 1.82) is 0 Å². The molecule has 0 saturated carbocycles. The van der Waals surface area contributed by atoms with E-state index in [0.717, 1.165) is 22.6 Å². The van der Waals surface area contributed by atoms with E-state index in [4.69, 9.17) is 5.73 Å². The summed E-state index contributed by atoms with van der Waals surface area (Å²) in [5.41, 5.74) is 10.4. The lowest BCUT2D eigenvalue weighted by molar-refractivity contribution is -0.131. The Bertz CT molecular complexity index is 903. The van der Waals surface area contributed by atoms with Gasteiger partial charge in [-0.05, 0) is 24.3 Å². The molecule has 0 fully saturated rings. The highest BCUT2D eigenvalue weighted by atomic mass is 16.2. The molecule has 4 heterocycles. The van der Waals surface area contributed by atoms with Gasteiger partial charge in [-0.15, -0.1) is 0 Å². The van der Waals surface area contributed by atoms with Crippen LogP contribution in [-0.4, -0.2) is 30.7 Å². The maximum Gasteiger partial charge on any atom is 0.229 e. The number of fused-ring (bicyclic) bond motifs is 1. The van der Waals surface area contributed by atoms with Crippen LogP contribution >= 0.6 is 0 Å². The van der Waals surface area contributed by atoms with Crippen molar-refractivity contribution in [2.45, 2.75) is 19.5 Å². The zero-order valence-electron chi connectivity index (χ0n) is 13.5. The fourth-order valence-corrected chi connectivity index (χ4v) is 2.84. The van der Waals surface area contributed by atoms with E-state index in [1.165, 1.54) is 0 Å². The molecule has 3 aromatic heterocycles. The van der Waals surface area contributed by atoms with Crippen LogP contribution in [0, 0.1) is 0 Å². The highest BCUT2D eigenvalue weighted by molar-refractivity contribution is 5.80. The topological polar surface area (TPSA) is 97.9 Å². The summed E-state index contributed by atoms with van der Waals surface area (Å²) in [5, 5.41) is 0. The standard InChI is InChI=1S/C18H16N6O/c19-13-3-4-14(12-2-1-5-20-9-12)23-15(13)8-18(25)24-10-16-17(11-24)22-7-6-21-16/h1-7,9H,8,10-11,19H2.